The predicted octanol–water partition coefficient (Wildman–Crippen LogP) is 4.39. The van der Waals surface area contributed by atoms with Gasteiger partial charge in [-0.2, -0.15) is 0 Å². The summed E-state index contributed by atoms with van der Waals surface area (Å²) >= 11 is 1.36. The Kier molecular flexibility index (Phi) is 5.61. The monoisotopic (exact) mass is 440 g/mol. The molecule has 0 aliphatic carbocycles. The van der Waals surface area contributed by atoms with Gasteiger partial charge in [0.2, 0.25) is 10.0 Å². The van der Waals surface area contributed by atoms with Crippen molar-refractivity contribution in [2.45, 2.75) is 13.1 Å². The fourth-order valence-corrected chi connectivity index (χ4v) is 4.95. The van der Waals surface area contributed by atoms with E-state index in [-0.39, 0.29) is 12.5 Å². The van der Waals surface area contributed by atoms with E-state index in [0.29, 0.717) is 22.9 Å². The maximum absolute atomic E-state index is 12.5. The Morgan fingerprint density at radius 3 is 2.57 bits per heavy atom. The molecule has 0 spiro atoms. The number of rotatable bonds is 7. The minimum absolute atomic E-state index is 0.196. The normalized spacial score (nSPS) is 11.5. The van der Waals surface area contributed by atoms with E-state index < -0.39 is 10.0 Å². The average Bonchev–Trinajstić information content (AvgIpc) is 3.39. The molecule has 4 aromatic rings. The first kappa shape index (κ1) is 20.2. The first-order chi connectivity index (χ1) is 14.4. The van der Waals surface area contributed by atoms with Crippen LogP contribution in [0.5, 0.6) is 0 Å². The molecule has 0 unspecified atom stereocenters. The van der Waals surface area contributed by atoms with Crippen LogP contribution < -0.4 is 9.62 Å². The summed E-state index contributed by atoms with van der Waals surface area (Å²) in [6, 6.07) is 20.2. The zero-order valence-corrected chi connectivity index (χ0v) is 17.9. The third-order valence-corrected chi connectivity index (χ3v) is 6.84. The Hall–Kier alpha value is -3.10. The van der Waals surface area contributed by atoms with Crippen molar-refractivity contribution in [3.63, 3.8) is 0 Å². The molecule has 2 heterocycles. The summed E-state index contributed by atoms with van der Waals surface area (Å²) in [6.45, 7) is 0.552. The minimum Gasteiger partial charge on any atom is -0.467 e. The van der Waals surface area contributed by atoms with E-state index >= 15 is 0 Å². The highest BCUT2D eigenvalue weighted by Gasteiger charge is 2.19. The van der Waals surface area contributed by atoms with Crippen LogP contribution in [0.4, 0.5) is 5.69 Å². The van der Waals surface area contributed by atoms with Gasteiger partial charge in [-0.15, -0.1) is 11.3 Å². The fourth-order valence-electron chi connectivity index (χ4n) is 3.11. The van der Waals surface area contributed by atoms with Crippen LogP contribution >= 0.6 is 11.3 Å². The maximum Gasteiger partial charge on any atom is 0.261 e. The third-order valence-electron chi connectivity index (χ3n) is 4.58. The number of nitrogens with zero attached hydrogens (tertiary/aromatic N) is 1. The first-order valence-electron chi connectivity index (χ1n) is 9.26. The summed E-state index contributed by atoms with van der Waals surface area (Å²) in [7, 11) is -3.48. The smallest absolute Gasteiger partial charge is 0.261 e. The molecule has 0 radical (unpaired) electrons. The molecule has 0 saturated heterocycles. The van der Waals surface area contributed by atoms with Crippen LogP contribution in [0.1, 0.15) is 21.0 Å². The number of fused-ring (bicyclic) bond motifs is 1. The Morgan fingerprint density at radius 2 is 1.87 bits per heavy atom. The van der Waals surface area contributed by atoms with Crippen molar-refractivity contribution in [2.75, 3.05) is 10.6 Å². The van der Waals surface area contributed by atoms with E-state index in [1.807, 2.05) is 36.4 Å². The highest BCUT2D eigenvalue weighted by atomic mass is 32.2. The SMILES string of the molecule is CS(=O)(=O)N(Cc1ccccc1)c1ccc2sc(C(=O)NCc3ccco3)cc2c1. The van der Waals surface area contributed by atoms with Gasteiger partial charge in [-0.05, 0) is 47.3 Å². The van der Waals surface area contributed by atoms with Crippen molar-refractivity contribution in [1.29, 1.82) is 0 Å². The molecule has 1 amide bonds. The lowest BCUT2D eigenvalue weighted by atomic mass is 10.2. The van der Waals surface area contributed by atoms with Crippen LogP contribution in [0.3, 0.4) is 0 Å². The molecule has 0 aliphatic rings. The van der Waals surface area contributed by atoms with Gasteiger partial charge in [-0.25, -0.2) is 8.42 Å². The molecule has 0 aliphatic heterocycles. The van der Waals surface area contributed by atoms with E-state index in [2.05, 4.69) is 5.32 Å². The van der Waals surface area contributed by atoms with Crippen molar-refractivity contribution >= 4 is 43.0 Å². The molecule has 154 valence electrons. The zero-order valence-electron chi connectivity index (χ0n) is 16.2. The second kappa shape index (κ2) is 8.33. The Labute approximate surface area is 178 Å². The molecule has 30 heavy (non-hydrogen) atoms. The lowest BCUT2D eigenvalue weighted by molar-refractivity contribution is 0.0952. The molecule has 0 fully saturated rings. The highest BCUT2D eigenvalue weighted by molar-refractivity contribution is 7.92. The van der Waals surface area contributed by atoms with Gasteiger partial charge in [0.15, 0.2) is 0 Å². The summed E-state index contributed by atoms with van der Waals surface area (Å²) in [5.41, 5.74) is 1.46. The number of hydrogen-bond donors (Lipinski definition) is 1. The summed E-state index contributed by atoms with van der Waals surface area (Å²) in [5, 5.41) is 3.65. The van der Waals surface area contributed by atoms with Crippen molar-refractivity contribution in [3.8, 4) is 0 Å². The largest absolute Gasteiger partial charge is 0.467 e. The van der Waals surface area contributed by atoms with Gasteiger partial charge in [-0.3, -0.25) is 9.10 Å². The van der Waals surface area contributed by atoms with Crippen LogP contribution in [0.25, 0.3) is 10.1 Å². The van der Waals surface area contributed by atoms with Gasteiger partial charge < -0.3 is 9.73 Å². The van der Waals surface area contributed by atoms with Crippen LogP contribution in [-0.4, -0.2) is 20.6 Å². The number of benzene rings is 2. The van der Waals surface area contributed by atoms with E-state index in [9.17, 15) is 13.2 Å². The number of nitrogens with one attached hydrogen (secondary N) is 1. The van der Waals surface area contributed by atoms with Crippen LogP contribution in [-0.2, 0) is 23.1 Å². The number of furan rings is 1. The number of hydrogen-bond acceptors (Lipinski definition) is 5. The highest BCUT2D eigenvalue weighted by Crippen LogP contribution is 2.31. The van der Waals surface area contributed by atoms with Gasteiger partial charge in [0, 0.05) is 4.70 Å². The first-order valence-corrected chi connectivity index (χ1v) is 11.9. The van der Waals surface area contributed by atoms with Gasteiger partial charge in [0.25, 0.3) is 5.91 Å². The van der Waals surface area contributed by atoms with Crippen molar-refractivity contribution in [2.24, 2.45) is 0 Å². The van der Waals surface area contributed by atoms with Gasteiger partial charge >= 0.3 is 0 Å². The molecular formula is C22H20N2O4S2. The fraction of sp³-hybridized carbons (Fsp3) is 0.136. The number of amides is 1. The Bertz CT molecular complexity index is 1260. The molecule has 1 N–H and O–H groups in total. The summed E-state index contributed by atoms with van der Waals surface area (Å²) in [5.74, 6) is 0.481. The number of carbonyl (C=O) groups excluding carboxylic acids is 1. The van der Waals surface area contributed by atoms with Crippen molar-refractivity contribution in [3.05, 3.63) is 89.2 Å². The standard InChI is InChI=1S/C22H20N2O4S2/c1-30(26,27)24(15-16-6-3-2-4-7-16)18-9-10-20-17(12-18)13-21(29-20)22(25)23-14-19-8-5-11-28-19/h2-13H,14-15H2,1H3,(H,23,25). The lowest BCUT2D eigenvalue weighted by Gasteiger charge is -2.22. The van der Waals surface area contributed by atoms with Crippen molar-refractivity contribution < 1.29 is 17.6 Å². The molecule has 4 rings (SSSR count). The summed E-state index contributed by atoms with van der Waals surface area (Å²) < 4.78 is 32.4. The Morgan fingerprint density at radius 1 is 1.07 bits per heavy atom. The third kappa shape index (κ3) is 4.55. The van der Waals surface area contributed by atoms with Crippen molar-refractivity contribution in [1.82, 2.24) is 5.32 Å². The molecule has 0 saturated carbocycles. The second-order valence-corrected chi connectivity index (χ2v) is 9.84. The molecule has 0 bridgehead atoms. The van der Waals surface area contributed by atoms with Gasteiger partial charge in [-0.1, -0.05) is 30.3 Å². The quantitative estimate of drug-likeness (QED) is 0.462. The summed E-state index contributed by atoms with van der Waals surface area (Å²) in [4.78, 5) is 13.0. The predicted molar refractivity (Wildman–Crippen MR) is 119 cm³/mol. The molecule has 6 nitrogen and oxygen atoms in total. The van der Waals surface area contributed by atoms with E-state index in [4.69, 9.17) is 4.42 Å². The van der Waals surface area contributed by atoms with Crippen LogP contribution in [0, 0.1) is 0 Å². The second-order valence-electron chi connectivity index (χ2n) is 6.85. The number of thiophene rings is 1. The molecular weight excluding hydrogens is 420 g/mol. The number of anilines is 1. The molecule has 2 aromatic heterocycles. The van der Waals surface area contributed by atoms with Gasteiger partial charge in [0.1, 0.15) is 5.76 Å². The Balaban J connectivity index is 1.59. The topological polar surface area (TPSA) is 79.6 Å². The molecule has 2 aromatic carbocycles. The van der Waals surface area contributed by atoms with Crippen LogP contribution in [0.2, 0.25) is 0 Å². The number of sulfonamides is 1. The van der Waals surface area contributed by atoms with Crippen LogP contribution in [0.15, 0.2) is 77.4 Å². The van der Waals surface area contributed by atoms with E-state index in [0.717, 1.165) is 15.6 Å². The van der Waals surface area contributed by atoms with E-state index in [1.165, 1.54) is 21.9 Å². The minimum atomic E-state index is -3.48. The molecule has 8 heteroatoms. The zero-order chi connectivity index (χ0) is 21.1. The number of carbonyl (C=O) groups is 1. The lowest BCUT2D eigenvalue weighted by Crippen LogP contribution is -2.29. The summed E-state index contributed by atoms with van der Waals surface area (Å²) in [6.07, 6.45) is 2.76. The average molecular weight is 441 g/mol. The molecule has 0 atom stereocenters. The van der Waals surface area contributed by atoms with E-state index in [1.54, 1.807) is 36.6 Å². The maximum atomic E-state index is 12.5. The van der Waals surface area contributed by atoms with Gasteiger partial charge in [0.05, 0.1) is 36.2 Å².